The van der Waals surface area contributed by atoms with E-state index in [1.807, 2.05) is 33.7 Å². The van der Waals surface area contributed by atoms with Gasteiger partial charge in [0.2, 0.25) is 5.91 Å². The highest BCUT2D eigenvalue weighted by Crippen LogP contribution is 2.22. The highest BCUT2D eigenvalue weighted by atomic mass is 35.5. The highest BCUT2D eigenvalue weighted by Gasteiger charge is 2.22. The Hall–Kier alpha value is -1.87. The minimum absolute atomic E-state index is 0.140. The Bertz CT molecular complexity index is 922. The molecule has 1 amide bonds. The Morgan fingerprint density at radius 1 is 1.18 bits per heavy atom. The lowest BCUT2D eigenvalue weighted by Crippen LogP contribution is -2.48. The average Bonchev–Trinajstić information content (AvgIpc) is 3.38. The quantitative estimate of drug-likeness (QED) is 0.557. The summed E-state index contributed by atoms with van der Waals surface area (Å²) in [5, 5.41) is 11.6. The molecule has 28 heavy (non-hydrogen) atoms. The molecule has 146 valence electrons. The van der Waals surface area contributed by atoms with Gasteiger partial charge in [-0.05, 0) is 29.6 Å². The summed E-state index contributed by atoms with van der Waals surface area (Å²) in [5.41, 5.74) is 0.884. The van der Waals surface area contributed by atoms with Crippen molar-refractivity contribution in [2.75, 3.05) is 31.9 Å². The molecule has 1 aliphatic rings. The molecule has 0 unspecified atom stereocenters. The predicted molar refractivity (Wildman–Crippen MR) is 113 cm³/mol. The van der Waals surface area contributed by atoms with Gasteiger partial charge in [0.25, 0.3) is 0 Å². The van der Waals surface area contributed by atoms with E-state index in [-0.39, 0.29) is 5.91 Å². The second-order valence-corrected chi connectivity index (χ2v) is 8.90. The van der Waals surface area contributed by atoms with Gasteiger partial charge in [0.05, 0.1) is 11.4 Å². The molecular weight excluding hydrogens is 414 g/mol. The minimum Gasteiger partial charge on any atom is -0.339 e. The normalized spacial score (nSPS) is 15.1. The number of piperazine rings is 1. The first-order valence-corrected chi connectivity index (χ1v) is 11.2. The Kier molecular flexibility index (Phi) is 6.31. The molecule has 0 N–H and O–H groups in total. The van der Waals surface area contributed by atoms with Crippen LogP contribution >= 0.6 is 34.7 Å². The van der Waals surface area contributed by atoms with Gasteiger partial charge in [0.1, 0.15) is 6.33 Å². The van der Waals surface area contributed by atoms with Crippen molar-refractivity contribution >= 4 is 40.6 Å². The maximum absolute atomic E-state index is 12.6. The number of hydrogen-bond acceptors (Lipinski definition) is 6. The fraction of sp³-hybridized carbons (Fsp3) is 0.316. The van der Waals surface area contributed by atoms with Crippen LogP contribution < -0.4 is 0 Å². The number of aromatic nitrogens is 3. The summed E-state index contributed by atoms with van der Waals surface area (Å²) >= 11 is 9.26. The lowest BCUT2D eigenvalue weighted by Gasteiger charge is -2.34. The number of amides is 1. The van der Waals surface area contributed by atoms with Crippen molar-refractivity contribution in [2.24, 2.45) is 0 Å². The molecular formula is C19H20ClN5OS2. The fourth-order valence-electron chi connectivity index (χ4n) is 3.12. The molecule has 1 saturated heterocycles. The third-order valence-corrected chi connectivity index (χ3v) is 6.64. The number of carbonyl (C=O) groups is 1. The van der Waals surface area contributed by atoms with Gasteiger partial charge in [-0.15, -0.1) is 21.5 Å². The molecule has 0 saturated carbocycles. The Morgan fingerprint density at radius 3 is 2.79 bits per heavy atom. The van der Waals surface area contributed by atoms with E-state index in [4.69, 9.17) is 11.6 Å². The number of rotatable bonds is 6. The van der Waals surface area contributed by atoms with Crippen LogP contribution in [-0.2, 0) is 11.3 Å². The molecule has 0 bridgehead atoms. The van der Waals surface area contributed by atoms with E-state index in [1.165, 1.54) is 16.6 Å². The summed E-state index contributed by atoms with van der Waals surface area (Å²) in [6.45, 7) is 4.33. The van der Waals surface area contributed by atoms with Crippen molar-refractivity contribution in [2.45, 2.75) is 11.7 Å². The molecule has 3 heterocycles. The molecule has 2 aromatic heterocycles. The van der Waals surface area contributed by atoms with Gasteiger partial charge in [0.15, 0.2) is 5.16 Å². The second kappa shape index (κ2) is 9.09. The summed E-state index contributed by atoms with van der Waals surface area (Å²) in [4.78, 5) is 18.3. The summed E-state index contributed by atoms with van der Waals surface area (Å²) in [5.74, 6) is 0.492. The number of thioether (sulfide) groups is 1. The van der Waals surface area contributed by atoms with E-state index in [1.54, 1.807) is 17.7 Å². The Morgan fingerprint density at radius 2 is 2.04 bits per heavy atom. The number of benzene rings is 1. The zero-order chi connectivity index (χ0) is 19.3. The molecule has 0 aliphatic carbocycles. The van der Waals surface area contributed by atoms with Crippen LogP contribution in [-0.4, -0.2) is 62.4 Å². The number of hydrogen-bond donors (Lipinski definition) is 0. The van der Waals surface area contributed by atoms with Crippen LogP contribution in [0.3, 0.4) is 0 Å². The van der Waals surface area contributed by atoms with Gasteiger partial charge in [-0.1, -0.05) is 35.5 Å². The molecule has 4 rings (SSSR count). The average molecular weight is 434 g/mol. The minimum atomic E-state index is 0.140. The van der Waals surface area contributed by atoms with Crippen molar-refractivity contribution in [3.05, 3.63) is 58.0 Å². The third-order valence-electron chi connectivity index (χ3n) is 4.61. The van der Waals surface area contributed by atoms with Crippen LogP contribution in [0.4, 0.5) is 0 Å². The van der Waals surface area contributed by atoms with Crippen LogP contribution in [0.5, 0.6) is 0 Å². The van der Waals surface area contributed by atoms with Gasteiger partial charge < -0.3 is 4.90 Å². The van der Waals surface area contributed by atoms with E-state index in [9.17, 15) is 4.79 Å². The van der Waals surface area contributed by atoms with Gasteiger partial charge in [-0.2, -0.15) is 0 Å². The number of halogens is 1. The first-order valence-electron chi connectivity index (χ1n) is 9.00. The number of thiophene rings is 1. The van der Waals surface area contributed by atoms with Crippen molar-refractivity contribution in [1.82, 2.24) is 24.6 Å². The largest absolute Gasteiger partial charge is 0.339 e. The van der Waals surface area contributed by atoms with Crippen LogP contribution in [0.25, 0.3) is 5.69 Å². The van der Waals surface area contributed by atoms with Crippen molar-refractivity contribution < 1.29 is 4.79 Å². The maximum atomic E-state index is 12.6. The lowest BCUT2D eigenvalue weighted by molar-refractivity contribution is -0.130. The van der Waals surface area contributed by atoms with E-state index >= 15 is 0 Å². The topological polar surface area (TPSA) is 54.3 Å². The molecule has 0 radical (unpaired) electrons. The van der Waals surface area contributed by atoms with Gasteiger partial charge in [0, 0.05) is 42.6 Å². The number of carbonyl (C=O) groups excluding carboxylic acids is 1. The Labute approximate surface area is 177 Å². The van der Waals surface area contributed by atoms with Gasteiger partial charge in [-0.25, -0.2) is 0 Å². The first kappa shape index (κ1) is 19.4. The predicted octanol–water partition coefficient (Wildman–Crippen LogP) is 3.42. The first-order chi connectivity index (χ1) is 13.7. The standard InChI is InChI=1S/C19H20ClN5OS2/c20-15-3-1-4-16(11-15)25-14-21-22-19(25)28-13-18(26)24-8-6-23(7-9-24)12-17-5-2-10-27-17/h1-5,10-11,14H,6-9,12-13H2. The lowest BCUT2D eigenvalue weighted by atomic mass is 10.3. The molecule has 9 heteroatoms. The van der Waals surface area contributed by atoms with Crippen LogP contribution in [0.2, 0.25) is 5.02 Å². The third kappa shape index (κ3) is 4.75. The van der Waals surface area contributed by atoms with Crippen molar-refractivity contribution in [1.29, 1.82) is 0 Å². The smallest absolute Gasteiger partial charge is 0.233 e. The monoisotopic (exact) mass is 433 g/mol. The maximum Gasteiger partial charge on any atom is 0.233 e. The van der Waals surface area contributed by atoms with Crippen molar-refractivity contribution in [3.63, 3.8) is 0 Å². The van der Waals surface area contributed by atoms with E-state index < -0.39 is 0 Å². The highest BCUT2D eigenvalue weighted by molar-refractivity contribution is 7.99. The van der Waals surface area contributed by atoms with Crippen LogP contribution in [0, 0.1) is 0 Å². The van der Waals surface area contributed by atoms with E-state index in [0.29, 0.717) is 15.9 Å². The number of nitrogens with zero attached hydrogens (tertiary/aromatic N) is 5. The summed E-state index contributed by atoms with van der Waals surface area (Å²) < 4.78 is 1.85. The van der Waals surface area contributed by atoms with E-state index in [0.717, 1.165) is 38.4 Å². The molecule has 0 spiro atoms. The van der Waals surface area contributed by atoms with Crippen LogP contribution in [0.15, 0.2) is 53.3 Å². The Balaban J connectivity index is 1.29. The summed E-state index contributed by atoms with van der Waals surface area (Å²) in [6.07, 6.45) is 1.64. The zero-order valence-corrected chi connectivity index (χ0v) is 17.6. The molecule has 6 nitrogen and oxygen atoms in total. The SMILES string of the molecule is O=C(CSc1nncn1-c1cccc(Cl)c1)N1CCN(Cc2cccs2)CC1. The van der Waals surface area contributed by atoms with Gasteiger partial charge in [-0.3, -0.25) is 14.3 Å². The summed E-state index contributed by atoms with van der Waals surface area (Å²) in [7, 11) is 0. The van der Waals surface area contributed by atoms with Crippen LogP contribution in [0.1, 0.15) is 4.88 Å². The second-order valence-electron chi connectivity index (χ2n) is 6.49. The van der Waals surface area contributed by atoms with Crippen molar-refractivity contribution in [3.8, 4) is 5.69 Å². The molecule has 1 aliphatic heterocycles. The van der Waals surface area contributed by atoms with E-state index in [2.05, 4.69) is 32.6 Å². The zero-order valence-electron chi connectivity index (χ0n) is 15.2. The molecule has 0 atom stereocenters. The van der Waals surface area contributed by atoms with Gasteiger partial charge >= 0.3 is 0 Å². The molecule has 1 aromatic carbocycles. The summed E-state index contributed by atoms with van der Waals surface area (Å²) in [6, 6.07) is 11.7. The molecule has 1 fully saturated rings. The fourth-order valence-corrected chi connectivity index (χ4v) is 4.88. The molecule has 3 aromatic rings.